The molecule has 0 amide bonds. The molecule has 0 aliphatic carbocycles. The third-order valence-electron chi connectivity index (χ3n) is 3.77. The van der Waals surface area contributed by atoms with Crippen LogP contribution in [0.15, 0.2) is 48.5 Å². The summed E-state index contributed by atoms with van der Waals surface area (Å²) in [5.41, 5.74) is 1.91. The minimum Gasteiger partial charge on any atom is -0.303 e. The van der Waals surface area contributed by atoms with Crippen molar-refractivity contribution in [3.63, 3.8) is 0 Å². The fraction of sp³-hybridized carbons (Fsp3) is 0.333. The van der Waals surface area contributed by atoms with Crippen LogP contribution < -0.4 is 5.32 Å². The quantitative estimate of drug-likeness (QED) is 0.725. The Kier molecular flexibility index (Phi) is 5.77. The highest BCUT2D eigenvalue weighted by Crippen LogP contribution is 2.26. The van der Waals surface area contributed by atoms with E-state index < -0.39 is 0 Å². The minimum atomic E-state index is -0.150. The highest BCUT2D eigenvalue weighted by Gasteiger charge is 2.18. The molecule has 0 aromatic heterocycles. The summed E-state index contributed by atoms with van der Waals surface area (Å²) in [7, 11) is 0. The van der Waals surface area contributed by atoms with Crippen LogP contribution >= 0.6 is 11.6 Å². The van der Waals surface area contributed by atoms with Gasteiger partial charge in [0.1, 0.15) is 5.82 Å². The number of benzene rings is 2. The lowest BCUT2D eigenvalue weighted by Gasteiger charge is -2.25. The van der Waals surface area contributed by atoms with Crippen molar-refractivity contribution >= 4 is 11.6 Å². The van der Waals surface area contributed by atoms with Gasteiger partial charge >= 0.3 is 0 Å². The fourth-order valence-corrected chi connectivity index (χ4v) is 2.70. The normalized spacial score (nSPS) is 13.9. The molecule has 3 heteroatoms. The lowest BCUT2D eigenvalue weighted by molar-refractivity contribution is 0.413. The third-order valence-corrected chi connectivity index (χ3v) is 4.02. The molecule has 0 saturated carbocycles. The van der Waals surface area contributed by atoms with Crippen LogP contribution in [0.3, 0.4) is 0 Å². The first kappa shape index (κ1) is 16.0. The zero-order valence-electron chi connectivity index (χ0n) is 12.4. The fourth-order valence-electron chi connectivity index (χ4n) is 2.57. The van der Waals surface area contributed by atoms with Crippen molar-refractivity contribution in [2.24, 2.45) is 0 Å². The van der Waals surface area contributed by atoms with E-state index in [9.17, 15) is 4.39 Å². The van der Waals surface area contributed by atoms with Crippen LogP contribution in [-0.2, 0) is 0 Å². The van der Waals surface area contributed by atoms with Gasteiger partial charge in [0.25, 0.3) is 0 Å². The predicted octanol–water partition coefficient (Wildman–Crippen LogP) is 5.67. The second-order valence-electron chi connectivity index (χ2n) is 5.16. The van der Waals surface area contributed by atoms with E-state index in [1.807, 2.05) is 36.4 Å². The van der Waals surface area contributed by atoms with Gasteiger partial charge in [-0.1, -0.05) is 55.8 Å². The number of hydrogen-bond acceptors (Lipinski definition) is 1. The Morgan fingerprint density at radius 3 is 2.14 bits per heavy atom. The third kappa shape index (κ3) is 4.05. The molecule has 0 aliphatic rings. The molecular weight excluding hydrogens is 285 g/mol. The van der Waals surface area contributed by atoms with E-state index in [0.29, 0.717) is 0 Å². The highest BCUT2D eigenvalue weighted by atomic mass is 35.5. The molecule has 0 saturated heterocycles. The van der Waals surface area contributed by atoms with Gasteiger partial charge in [-0.15, -0.1) is 0 Å². The first-order valence-electron chi connectivity index (χ1n) is 7.41. The molecule has 0 aliphatic heterocycles. The maximum atomic E-state index is 14.0. The number of hydrogen-bond donors (Lipinski definition) is 1. The van der Waals surface area contributed by atoms with Gasteiger partial charge in [-0.05, 0) is 36.6 Å². The Labute approximate surface area is 131 Å². The van der Waals surface area contributed by atoms with Crippen LogP contribution in [0.2, 0.25) is 5.02 Å². The highest BCUT2D eigenvalue weighted by molar-refractivity contribution is 6.30. The van der Waals surface area contributed by atoms with Crippen molar-refractivity contribution in [3.05, 3.63) is 70.5 Å². The topological polar surface area (TPSA) is 12.0 Å². The molecule has 0 fully saturated rings. The van der Waals surface area contributed by atoms with E-state index in [-0.39, 0.29) is 17.9 Å². The second kappa shape index (κ2) is 7.58. The van der Waals surface area contributed by atoms with Gasteiger partial charge in [0.05, 0.1) is 0 Å². The van der Waals surface area contributed by atoms with Gasteiger partial charge in [0, 0.05) is 22.7 Å². The molecule has 0 heterocycles. The lowest BCUT2D eigenvalue weighted by Crippen LogP contribution is -2.26. The first-order chi connectivity index (χ1) is 10.2. The molecule has 2 aromatic carbocycles. The molecule has 0 radical (unpaired) electrons. The minimum absolute atomic E-state index is 0.00632. The van der Waals surface area contributed by atoms with E-state index in [0.717, 1.165) is 23.4 Å². The van der Waals surface area contributed by atoms with Gasteiger partial charge in [0.2, 0.25) is 0 Å². The summed E-state index contributed by atoms with van der Waals surface area (Å²) in [4.78, 5) is 0. The Morgan fingerprint density at radius 1 is 0.952 bits per heavy atom. The van der Waals surface area contributed by atoms with E-state index in [1.165, 1.54) is 11.6 Å². The predicted molar refractivity (Wildman–Crippen MR) is 87.1 cm³/mol. The van der Waals surface area contributed by atoms with Crippen molar-refractivity contribution in [2.45, 2.75) is 38.8 Å². The molecule has 2 aromatic rings. The zero-order valence-corrected chi connectivity index (χ0v) is 13.2. The maximum Gasteiger partial charge on any atom is 0.127 e. The Morgan fingerprint density at radius 2 is 1.57 bits per heavy atom. The molecule has 2 rings (SSSR count). The van der Waals surface area contributed by atoms with E-state index in [2.05, 4.69) is 19.2 Å². The number of nitrogens with one attached hydrogen (secondary N) is 1. The monoisotopic (exact) mass is 305 g/mol. The number of halogens is 2. The summed E-state index contributed by atoms with van der Waals surface area (Å²) in [6, 6.07) is 15.0. The van der Waals surface area contributed by atoms with Crippen LogP contribution in [0.1, 0.15) is 49.9 Å². The SMILES string of the molecule is CCC(NC(CC)c1ccccc1F)c1ccc(Cl)cc1. The van der Waals surface area contributed by atoms with Gasteiger partial charge in [0.15, 0.2) is 0 Å². The maximum absolute atomic E-state index is 14.0. The van der Waals surface area contributed by atoms with Crippen molar-refractivity contribution in [2.75, 3.05) is 0 Å². The summed E-state index contributed by atoms with van der Waals surface area (Å²) in [6.45, 7) is 4.19. The van der Waals surface area contributed by atoms with Crippen molar-refractivity contribution < 1.29 is 4.39 Å². The largest absolute Gasteiger partial charge is 0.303 e. The van der Waals surface area contributed by atoms with Crippen molar-refractivity contribution in [3.8, 4) is 0 Å². The molecule has 2 atom stereocenters. The molecule has 1 nitrogen and oxygen atoms in total. The molecule has 2 unspecified atom stereocenters. The van der Waals surface area contributed by atoms with E-state index >= 15 is 0 Å². The summed E-state index contributed by atoms with van der Waals surface area (Å²) < 4.78 is 14.0. The summed E-state index contributed by atoms with van der Waals surface area (Å²) in [6.07, 6.45) is 1.78. The molecule has 0 bridgehead atoms. The van der Waals surface area contributed by atoms with Gasteiger partial charge < -0.3 is 5.32 Å². The Hall–Kier alpha value is -1.38. The number of rotatable bonds is 6. The van der Waals surface area contributed by atoms with Crippen LogP contribution in [0.4, 0.5) is 4.39 Å². The first-order valence-corrected chi connectivity index (χ1v) is 7.79. The Balaban J connectivity index is 2.19. The molecule has 1 N–H and O–H groups in total. The average Bonchev–Trinajstić information content (AvgIpc) is 2.51. The smallest absolute Gasteiger partial charge is 0.127 e. The summed E-state index contributed by atoms with van der Waals surface area (Å²) in [5.74, 6) is -0.150. The standard InChI is InChI=1S/C18H21ClFN/c1-3-17(13-9-11-14(19)12-10-13)21-18(4-2)15-7-5-6-8-16(15)20/h5-12,17-18,21H,3-4H2,1-2H3. The molecule has 21 heavy (non-hydrogen) atoms. The van der Waals surface area contributed by atoms with Gasteiger partial charge in [-0.3, -0.25) is 0 Å². The van der Waals surface area contributed by atoms with Crippen molar-refractivity contribution in [1.29, 1.82) is 0 Å². The van der Waals surface area contributed by atoms with Crippen LogP contribution in [-0.4, -0.2) is 0 Å². The zero-order chi connectivity index (χ0) is 15.2. The van der Waals surface area contributed by atoms with Crippen LogP contribution in [0.5, 0.6) is 0 Å². The summed E-state index contributed by atoms with van der Waals surface area (Å²) in [5, 5.41) is 4.29. The summed E-state index contributed by atoms with van der Waals surface area (Å²) >= 11 is 5.94. The van der Waals surface area contributed by atoms with Gasteiger partial charge in [-0.25, -0.2) is 4.39 Å². The Bertz CT molecular complexity index is 568. The second-order valence-corrected chi connectivity index (χ2v) is 5.60. The van der Waals surface area contributed by atoms with Crippen molar-refractivity contribution in [1.82, 2.24) is 5.32 Å². The lowest BCUT2D eigenvalue weighted by atomic mass is 9.99. The van der Waals surface area contributed by atoms with Gasteiger partial charge in [-0.2, -0.15) is 0 Å². The van der Waals surface area contributed by atoms with E-state index in [4.69, 9.17) is 11.6 Å². The molecular formula is C18H21ClFN. The average molecular weight is 306 g/mol. The van der Waals surface area contributed by atoms with Crippen LogP contribution in [0.25, 0.3) is 0 Å². The molecule has 0 spiro atoms. The molecule has 112 valence electrons. The van der Waals surface area contributed by atoms with E-state index in [1.54, 1.807) is 6.07 Å². The van der Waals surface area contributed by atoms with Crippen LogP contribution in [0, 0.1) is 5.82 Å².